The lowest BCUT2D eigenvalue weighted by molar-refractivity contribution is -0.136. The molecule has 206 valence electrons. The topological polar surface area (TPSA) is 73.0 Å². The van der Waals surface area contributed by atoms with Crippen molar-refractivity contribution in [3.63, 3.8) is 0 Å². The lowest BCUT2D eigenvalue weighted by Gasteiger charge is -2.29. The van der Waals surface area contributed by atoms with Gasteiger partial charge in [-0.1, -0.05) is 60.1 Å². The Kier molecular flexibility index (Phi) is 7.69. The van der Waals surface area contributed by atoms with Crippen LogP contribution in [0.5, 0.6) is 0 Å². The van der Waals surface area contributed by atoms with E-state index in [1.165, 1.54) is 22.3 Å². The van der Waals surface area contributed by atoms with E-state index in [4.69, 9.17) is 11.6 Å². The highest BCUT2D eigenvalue weighted by Gasteiger charge is 2.39. The Morgan fingerprint density at radius 3 is 2.35 bits per heavy atom. The van der Waals surface area contributed by atoms with Gasteiger partial charge >= 0.3 is 0 Å². The molecule has 0 saturated carbocycles. The molecule has 3 aromatic rings. The first-order valence-corrected chi connectivity index (χ1v) is 14.4. The molecule has 40 heavy (non-hydrogen) atoms. The van der Waals surface area contributed by atoms with Gasteiger partial charge in [0, 0.05) is 49.7 Å². The van der Waals surface area contributed by atoms with E-state index in [-0.39, 0.29) is 24.1 Å². The van der Waals surface area contributed by atoms with Gasteiger partial charge in [-0.05, 0) is 71.9 Å². The minimum Gasteiger partial charge on any atom is -0.322 e. The Labute approximate surface area is 239 Å². The summed E-state index contributed by atoms with van der Waals surface area (Å²) in [5, 5.41) is 3.12. The van der Waals surface area contributed by atoms with Crippen molar-refractivity contribution in [1.82, 2.24) is 20.0 Å². The predicted molar refractivity (Wildman–Crippen MR) is 155 cm³/mol. The number of imide groups is 1. The van der Waals surface area contributed by atoms with Crippen LogP contribution in [0.25, 0.3) is 11.1 Å². The van der Waals surface area contributed by atoms with Crippen molar-refractivity contribution >= 4 is 29.3 Å². The maximum atomic E-state index is 13.0. The molecule has 2 fully saturated rings. The SMILES string of the molecule is O=C1CCC(N2Cc3cc(CN4CCCN(Cc5ccccc5-c5ccc(Cl)cc5)CC4)ccc3C2=O)C(=O)N1. The van der Waals surface area contributed by atoms with Crippen LogP contribution >= 0.6 is 11.6 Å². The van der Waals surface area contributed by atoms with Gasteiger partial charge in [-0.3, -0.25) is 29.5 Å². The number of nitrogens with one attached hydrogen (secondary N) is 1. The normalized spacial score (nSPS) is 20.4. The molecule has 0 radical (unpaired) electrons. The third kappa shape index (κ3) is 5.68. The van der Waals surface area contributed by atoms with Gasteiger partial charge in [0.05, 0.1) is 0 Å². The van der Waals surface area contributed by atoms with Crippen molar-refractivity contribution in [2.24, 2.45) is 0 Å². The second-order valence-corrected chi connectivity index (χ2v) is 11.4. The number of hydrogen-bond donors (Lipinski definition) is 1. The van der Waals surface area contributed by atoms with E-state index in [0.29, 0.717) is 18.5 Å². The molecular formula is C32H33ClN4O3. The summed E-state index contributed by atoms with van der Waals surface area (Å²) in [7, 11) is 0. The molecule has 7 nitrogen and oxygen atoms in total. The van der Waals surface area contributed by atoms with Gasteiger partial charge < -0.3 is 4.90 Å². The smallest absolute Gasteiger partial charge is 0.255 e. The van der Waals surface area contributed by atoms with Crippen LogP contribution in [0.15, 0.2) is 66.7 Å². The van der Waals surface area contributed by atoms with Crippen molar-refractivity contribution < 1.29 is 14.4 Å². The zero-order valence-electron chi connectivity index (χ0n) is 22.4. The first kappa shape index (κ1) is 26.7. The standard InChI is InChI=1S/C32H33ClN4O3/c33-26-9-7-23(8-10-26)27-5-2-1-4-24(27)20-36-15-3-14-35(16-17-36)19-22-6-11-28-25(18-22)21-37(32(28)40)29-12-13-30(38)34-31(29)39/h1-2,4-11,18,29H,3,12-17,19-21H2,(H,34,38,39). The van der Waals surface area contributed by atoms with Gasteiger partial charge in [0.15, 0.2) is 0 Å². The molecule has 3 heterocycles. The molecule has 0 spiro atoms. The number of rotatable bonds is 6. The third-order valence-corrected chi connectivity index (χ3v) is 8.49. The van der Waals surface area contributed by atoms with Crippen molar-refractivity contribution in [1.29, 1.82) is 0 Å². The molecule has 3 aliphatic heterocycles. The van der Waals surface area contributed by atoms with E-state index in [1.807, 2.05) is 24.3 Å². The number of piperidine rings is 1. The van der Waals surface area contributed by atoms with Crippen molar-refractivity contribution in [3.05, 3.63) is 94.0 Å². The maximum absolute atomic E-state index is 13.0. The van der Waals surface area contributed by atoms with E-state index < -0.39 is 6.04 Å². The van der Waals surface area contributed by atoms with Gasteiger partial charge in [-0.2, -0.15) is 0 Å². The Bertz CT molecular complexity index is 1440. The van der Waals surface area contributed by atoms with Crippen LogP contribution in [0.4, 0.5) is 0 Å². The Hall–Kier alpha value is -3.52. The van der Waals surface area contributed by atoms with Crippen LogP contribution in [0, 0.1) is 0 Å². The van der Waals surface area contributed by atoms with Crippen LogP contribution in [-0.2, 0) is 29.2 Å². The average molecular weight is 557 g/mol. The predicted octanol–water partition coefficient (Wildman–Crippen LogP) is 4.48. The van der Waals surface area contributed by atoms with Gasteiger partial charge in [0.2, 0.25) is 11.8 Å². The van der Waals surface area contributed by atoms with E-state index in [1.54, 1.807) is 4.90 Å². The van der Waals surface area contributed by atoms with Crippen molar-refractivity contribution in [2.45, 2.75) is 44.9 Å². The lowest BCUT2D eigenvalue weighted by atomic mass is 9.99. The van der Waals surface area contributed by atoms with Gasteiger partial charge in [0.1, 0.15) is 6.04 Å². The molecule has 0 aromatic heterocycles. The number of fused-ring (bicyclic) bond motifs is 1. The zero-order chi connectivity index (χ0) is 27.6. The number of carbonyl (C=O) groups excluding carboxylic acids is 3. The minimum atomic E-state index is -0.581. The van der Waals surface area contributed by atoms with Crippen LogP contribution in [0.3, 0.4) is 0 Å². The molecule has 8 heteroatoms. The first-order chi connectivity index (χ1) is 19.4. The van der Waals surface area contributed by atoms with Gasteiger partial charge in [0.25, 0.3) is 5.91 Å². The number of halogens is 1. The Morgan fingerprint density at radius 1 is 0.825 bits per heavy atom. The molecule has 3 aromatic carbocycles. The maximum Gasteiger partial charge on any atom is 0.255 e. The summed E-state index contributed by atoms with van der Waals surface area (Å²) in [6.07, 6.45) is 1.74. The van der Waals surface area contributed by atoms with Crippen LogP contribution in [-0.4, -0.2) is 64.6 Å². The summed E-state index contributed by atoms with van der Waals surface area (Å²) in [6, 6.07) is 22.1. The van der Waals surface area contributed by atoms with Crippen LogP contribution in [0.1, 0.15) is 46.3 Å². The number of hydrogen-bond acceptors (Lipinski definition) is 5. The van der Waals surface area contributed by atoms with Crippen molar-refractivity contribution in [2.75, 3.05) is 26.2 Å². The quantitative estimate of drug-likeness (QED) is 0.453. The van der Waals surface area contributed by atoms with Gasteiger partial charge in [-0.25, -0.2) is 0 Å². The molecule has 0 bridgehead atoms. The molecule has 6 rings (SSSR count). The van der Waals surface area contributed by atoms with E-state index in [9.17, 15) is 14.4 Å². The zero-order valence-corrected chi connectivity index (χ0v) is 23.2. The summed E-state index contributed by atoms with van der Waals surface area (Å²) in [4.78, 5) is 43.6. The van der Waals surface area contributed by atoms with E-state index in [0.717, 1.165) is 56.3 Å². The fourth-order valence-electron chi connectivity index (χ4n) is 6.14. The third-order valence-electron chi connectivity index (χ3n) is 8.24. The Balaban J connectivity index is 1.08. The van der Waals surface area contributed by atoms with Gasteiger partial charge in [-0.15, -0.1) is 0 Å². The second-order valence-electron chi connectivity index (χ2n) is 11.0. The molecule has 3 amide bonds. The highest BCUT2D eigenvalue weighted by Crippen LogP contribution is 2.29. The first-order valence-electron chi connectivity index (χ1n) is 14.0. The summed E-state index contributed by atoms with van der Waals surface area (Å²) in [5.74, 6) is -0.766. The molecule has 1 atom stereocenters. The van der Waals surface area contributed by atoms with E-state index in [2.05, 4.69) is 57.6 Å². The fourth-order valence-corrected chi connectivity index (χ4v) is 6.26. The highest BCUT2D eigenvalue weighted by molar-refractivity contribution is 6.30. The Morgan fingerprint density at radius 2 is 1.57 bits per heavy atom. The number of carbonyl (C=O) groups is 3. The average Bonchev–Trinajstić information content (AvgIpc) is 3.11. The molecule has 1 unspecified atom stereocenters. The molecule has 1 N–H and O–H groups in total. The molecule has 2 saturated heterocycles. The number of nitrogens with zero attached hydrogens (tertiary/aromatic N) is 3. The van der Waals surface area contributed by atoms with E-state index >= 15 is 0 Å². The highest BCUT2D eigenvalue weighted by atomic mass is 35.5. The monoisotopic (exact) mass is 556 g/mol. The molecule has 3 aliphatic rings. The van der Waals surface area contributed by atoms with Crippen LogP contribution in [0.2, 0.25) is 5.02 Å². The second kappa shape index (κ2) is 11.5. The molecular weight excluding hydrogens is 524 g/mol. The minimum absolute atomic E-state index is 0.125. The summed E-state index contributed by atoms with van der Waals surface area (Å²) < 4.78 is 0. The summed E-state index contributed by atoms with van der Waals surface area (Å²) in [5.41, 5.74) is 6.56. The fraction of sp³-hybridized carbons (Fsp3) is 0.344. The molecule has 0 aliphatic carbocycles. The number of benzene rings is 3. The van der Waals surface area contributed by atoms with Crippen molar-refractivity contribution in [3.8, 4) is 11.1 Å². The largest absolute Gasteiger partial charge is 0.322 e. The van der Waals surface area contributed by atoms with Crippen LogP contribution < -0.4 is 5.32 Å². The lowest BCUT2D eigenvalue weighted by Crippen LogP contribution is -2.52. The summed E-state index contributed by atoms with van der Waals surface area (Å²) in [6.45, 7) is 6.18. The number of amides is 3. The summed E-state index contributed by atoms with van der Waals surface area (Å²) >= 11 is 6.11.